The summed E-state index contributed by atoms with van der Waals surface area (Å²) in [4.78, 5) is 0. The van der Waals surface area contributed by atoms with E-state index in [0.717, 1.165) is 18.4 Å². The highest BCUT2D eigenvalue weighted by Gasteiger charge is 2.06. The quantitative estimate of drug-likeness (QED) is 0.465. The molecule has 0 saturated heterocycles. The Morgan fingerprint density at radius 2 is 1.00 bits per heavy atom. The average Bonchev–Trinajstić information content (AvgIpc) is 2.72. The maximum Gasteiger partial charge on any atom is 0.123 e. The number of phenols is 1. The van der Waals surface area contributed by atoms with Crippen LogP contribution in [0.25, 0.3) is 5.57 Å². The van der Waals surface area contributed by atoms with Crippen LogP contribution in [-0.2, 0) is 0 Å². The largest absolute Gasteiger partial charge is 0.507 e. The van der Waals surface area contributed by atoms with E-state index in [1.165, 1.54) is 33.4 Å². The third kappa shape index (κ3) is 8.69. The van der Waals surface area contributed by atoms with E-state index in [1.807, 2.05) is 18.2 Å². The predicted octanol–water partition coefficient (Wildman–Crippen LogP) is 8.59. The normalized spacial score (nSPS) is 9.57. The van der Waals surface area contributed by atoms with Crippen molar-refractivity contribution in [2.45, 2.75) is 61.3 Å². The molecule has 0 atom stereocenters. The first-order valence-corrected chi connectivity index (χ1v) is 10.8. The third-order valence-electron chi connectivity index (χ3n) is 5.18. The summed E-state index contributed by atoms with van der Waals surface area (Å²) in [6.07, 6.45) is 2.13. The van der Waals surface area contributed by atoms with Gasteiger partial charge in [-0.15, -0.1) is 0 Å². The number of benzene rings is 3. The number of allylic oxidation sites excluding steroid dienone is 2. The summed E-state index contributed by atoms with van der Waals surface area (Å²) >= 11 is 0. The van der Waals surface area contributed by atoms with Crippen LogP contribution >= 0.6 is 0 Å². The van der Waals surface area contributed by atoms with Gasteiger partial charge in [-0.1, -0.05) is 85.6 Å². The van der Waals surface area contributed by atoms with Crippen LogP contribution in [0.4, 0.5) is 0 Å². The molecule has 160 valence electrons. The van der Waals surface area contributed by atoms with E-state index in [1.54, 1.807) is 6.07 Å². The Morgan fingerprint density at radius 3 is 1.30 bits per heavy atom. The Hall–Kier alpha value is -2.80. The van der Waals surface area contributed by atoms with Gasteiger partial charge in [0.25, 0.3) is 0 Å². The van der Waals surface area contributed by atoms with Crippen LogP contribution in [0.15, 0.2) is 78.4 Å². The van der Waals surface area contributed by atoms with Crippen molar-refractivity contribution < 1.29 is 5.11 Å². The molecule has 0 spiro atoms. The molecule has 30 heavy (non-hydrogen) atoms. The molecule has 0 heterocycles. The molecule has 0 radical (unpaired) electrons. The second-order valence-electron chi connectivity index (χ2n) is 7.91. The number of hydrogen-bond donors (Lipinski definition) is 1. The fourth-order valence-electron chi connectivity index (χ4n) is 2.96. The number of phenolic OH excluding ortho intramolecular Hbond substituents is 1. The molecule has 3 aromatic carbocycles. The second kappa shape index (κ2) is 13.4. The summed E-state index contributed by atoms with van der Waals surface area (Å²) in [5, 5.41) is 9.72. The lowest BCUT2D eigenvalue weighted by Gasteiger charge is -2.10. The van der Waals surface area contributed by atoms with Crippen LogP contribution in [0.5, 0.6) is 5.75 Å². The summed E-state index contributed by atoms with van der Waals surface area (Å²) in [6, 6.07) is 24.3. The van der Waals surface area contributed by atoms with Crippen LogP contribution < -0.4 is 0 Å². The first-order chi connectivity index (χ1) is 14.3. The van der Waals surface area contributed by atoms with Gasteiger partial charge in [0.05, 0.1) is 0 Å². The van der Waals surface area contributed by atoms with E-state index >= 15 is 0 Å². The molecule has 0 aliphatic heterocycles. The number of para-hydroxylation sites is 1. The minimum absolute atomic E-state index is 0.386. The van der Waals surface area contributed by atoms with Gasteiger partial charge in [0.15, 0.2) is 0 Å². The molecule has 1 heteroatoms. The highest BCUT2D eigenvalue weighted by Crippen LogP contribution is 2.30. The molecule has 0 saturated carbocycles. The van der Waals surface area contributed by atoms with Gasteiger partial charge in [-0.05, 0) is 81.9 Å². The molecule has 3 aromatic rings. The number of hydrogen-bond acceptors (Lipinski definition) is 1. The van der Waals surface area contributed by atoms with Crippen molar-refractivity contribution >= 4 is 5.57 Å². The van der Waals surface area contributed by atoms with Crippen molar-refractivity contribution in [2.75, 3.05) is 0 Å². The van der Waals surface area contributed by atoms with E-state index in [-0.39, 0.29) is 0 Å². The van der Waals surface area contributed by atoms with Crippen LogP contribution in [0.1, 0.15) is 61.4 Å². The highest BCUT2D eigenvalue weighted by atomic mass is 16.3. The smallest absolute Gasteiger partial charge is 0.123 e. The standard InChI is InChI=1S/C13H18O.2C8H10/c1-4-7-11(10(2)3)12-8-5-6-9-13(12)14;2*1-7-5-3-4-6-8(7)2/h5-6,8-9,14H,4,7H2,1-3H3;2*3-6H,1-2H3. The summed E-state index contributed by atoms with van der Waals surface area (Å²) in [6.45, 7) is 14.8. The van der Waals surface area contributed by atoms with E-state index in [2.05, 4.69) is 97.0 Å². The first-order valence-electron chi connectivity index (χ1n) is 10.8. The van der Waals surface area contributed by atoms with Gasteiger partial charge in [-0.2, -0.15) is 0 Å². The number of aromatic hydroxyl groups is 1. The fraction of sp³-hybridized carbons (Fsp3) is 0.310. The highest BCUT2D eigenvalue weighted by molar-refractivity contribution is 5.72. The van der Waals surface area contributed by atoms with E-state index in [0.29, 0.717) is 5.75 Å². The Kier molecular flexibility index (Phi) is 11.3. The van der Waals surface area contributed by atoms with Crippen LogP contribution in [0, 0.1) is 27.7 Å². The summed E-state index contributed by atoms with van der Waals surface area (Å²) in [5.41, 5.74) is 9.01. The molecule has 0 aliphatic rings. The Morgan fingerprint density at radius 1 is 0.633 bits per heavy atom. The zero-order valence-corrected chi connectivity index (χ0v) is 19.8. The molecule has 3 rings (SSSR count). The minimum Gasteiger partial charge on any atom is -0.507 e. The maximum absolute atomic E-state index is 9.72. The van der Waals surface area contributed by atoms with E-state index < -0.39 is 0 Å². The first kappa shape index (κ1) is 25.2. The van der Waals surface area contributed by atoms with E-state index in [4.69, 9.17) is 0 Å². The van der Waals surface area contributed by atoms with Crippen LogP contribution in [0.2, 0.25) is 0 Å². The topological polar surface area (TPSA) is 20.2 Å². The third-order valence-corrected chi connectivity index (χ3v) is 5.18. The zero-order chi connectivity index (χ0) is 22.5. The second-order valence-corrected chi connectivity index (χ2v) is 7.91. The monoisotopic (exact) mass is 402 g/mol. The number of rotatable bonds is 3. The lowest BCUT2D eigenvalue weighted by molar-refractivity contribution is 0.473. The van der Waals surface area contributed by atoms with Crippen LogP contribution in [0.3, 0.4) is 0 Å². The average molecular weight is 403 g/mol. The van der Waals surface area contributed by atoms with Crippen molar-refractivity contribution in [2.24, 2.45) is 0 Å². The van der Waals surface area contributed by atoms with Gasteiger partial charge in [-0.25, -0.2) is 0 Å². The lowest BCUT2D eigenvalue weighted by atomic mass is 9.96. The molecule has 0 fully saturated rings. The Balaban J connectivity index is 0.000000240. The maximum atomic E-state index is 9.72. The zero-order valence-electron chi connectivity index (χ0n) is 19.8. The summed E-state index contributed by atoms with van der Waals surface area (Å²) in [5.74, 6) is 0.386. The molecule has 0 amide bonds. The molecule has 0 bridgehead atoms. The van der Waals surface area contributed by atoms with Crippen molar-refractivity contribution in [1.29, 1.82) is 0 Å². The molecule has 1 nitrogen and oxygen atoms in total. The molecular weight excluding hydrogens is 364 g/mol. The summed E-state index contributed by atoms with van der Waals surface area (Å²) < 4.78 is 0. The van der Waals surface area contributed by atoms with Crippen molar-refractivity contribution in [3.8, 4) is 5.75 Å². The molecule has 0 aromatic heterocycles. The number of aryl methyl sites for hydroxylation is 4. The van der Waals surface area contributed by atoms with Gasteiger partial charge >= 0.3 is 0 Å². The molecular formula is C29H38O. The molecule has 0 aliphatic carbocycles. The Bertz CT molecular complexity index is 845. The lowest BCUT2D eigenvalue weighted by Crippen LogP contribution is -1.88. The SMILES string of the molecule is CCCC(=C(C)C)c1ccccc1O.Cc1ccccc1C.Cc1ccccc1C. The predicted molar refractivity (Wildman–Crippen MR) is 133 cm³/mol. The summed E-state index contributed by atoms with van der Waals surface area (Å²) in [7, 11) is 0. The van der Waals surface area contributed by atoms with Crippen LogP contribution in [-0.4, -0.2) is 5.11 Å². The van der Waals surface area contributed by atoms with Crippen molar-refractivity contribution in [1.82, 2.24) is 0 Å². The molecule has 1 N–H and O–H groups in total. The van der Waals surface area contributed by atoms with Gasteiger partial charge in [-0.3, -0.25) is 0 Å². The van der Waals surface area contributed by atoms with Crippen molar-refractivity contribution in [3.63, 3.8) is 0 Å². The molecule has 0 unspecified atom stereocenters. The van der Waals surface area contributed by atoms with Gasteiger partial charge in [0.1, 0.15) is 5.75 Å². The fourth-order valence-corrected chi connectivity index (χ4v) is 2.96. The Labute approximate surface area is 184 Å². The van der Waals surface area contributed by atoms with E-state index in [9.17, 15) is 5.11 Å². The van der Waals surface area contributed by atoms with Gasteiger partial charge < -0.3 is 5.11 Å². The van der Waals surface area contributed by atoms with Gasteiger partial charge in [0, 0.05) is 5.56 Å². The van der Waals surface area contributed by atoms with Gasteiger partial charge in [0.2, 0.25) is 0 Å². The minimum atomic E-state index is 0.386. The van der Waals surface area contributed by atoms with Crippen molar-refractivity contribution in [3.05, 3.63) is 106 Å².